The normalized spacial score (nSPS) is 26.9. The van der Waals surface area contributed by atoms with Gasteiger partial charge < -0.3 is 35.2 Å². The lowest BCUT2D eigenvalue weighted by molar-refractivity contribution is -0.138. The highest BCUT2D eigenvalue weighted by atomic mass is 16.6. The standard InChI is InChI=1S/C35H56N8O7/c1-7-40(26-20-35(21-26)18-24(19-35)36-32(49)50-33(2,3)4)22-23-8-10-25(11-9-23)43-13-12-27(38-30(43)46)37-29(45)42-16-14-41(15-17-42)28(44)34(5,6)39-31(47)48/h12-13,23-26,39H,7-11,14-22H2,1-6H3,(H,36,49)(H,47,48)(H,37,38,45,46). The summed E-state index contributed by atoms with van der Waals surface area (Å²) in [6, 6.07) is 2.13. The number of carbonyl (C=O) groups excluding carboxylic acids is 3. The third kappa shape index (κ3) is 9.07. The third-order valence-electron chi connectivity index (χ3n) is 10.9. The number of nitrogens with zero attached hydrogens (tertiary/aromatic N) is 5. The van der Waals surface area contributed by atoms with E-state index in [4.69, 9.17) is 9.84 Å². The molecule has 4 aliphatic rings. The molecule has 15 heteroatoms. The van der Waals surface area contributed by atoms with E-state index in [1.807, 2.05) is 20.8 Å². The predicted molar refractivity (Wildman–Crippen MR) is 187 cm³/mol. The van der Waals surface area contributed by atoms with Crippen LogP contribution in [-0.4, -0.2) is 116 Å². The van der Waals surface area contributed by atoms with E-state index in [2.05, 4.69) is 32.8 Å². The SMILES string of the molecule is CCN(CC1CCC(n2ccc(NC(=O)N3CCN(C(=O)C(C)(C)NC(=O)O)CC3)nc2=O)CC1)C1CC2(CC(NC(=O)OC(C)(C)C)C2)C1. The molecule has 1 aromatic rings. The fourth-order valence-corrected chi connectivity index (χ4v) is 8.34. The van der Waals surface area contributed by atoms with Crippen LogP contribution in [0, 0.1) is 11.3 Å². The summed E-state index contributed by atoms with van der Waals surface area (Å²) in [5.41, 5.74) is -1.78. The van der Waals surface area contributed by atoms with Gasteiger partial charge in [-0.1, -0.05) is 6.92 Å². The zero-order valence-corrected chi connectivity index (χ0v) is 30.5. The number of amides is 5. The van der Waals surface area contributed by atoms with E-state index < -0.39 is 23.3 Å². The Kier molecular flexibility index (Phi) is 11.0. The zero-order chi connectivity index (χ0) is 36.4. The molecule has 0 aromatic carbocycles. The van der Waals surface area contributed by atoms with Gasteiger partial charge in [0.2, 0.25) is 5.91 Å². The number of aromatic nitrogens is 2. The monoisotopic (exact) mass is 700 g/mol. The average molecular weight is 701 g/mol. The molecule has 0 unspecified atom stereocenters. The number of urea groups is 1. The molecule has 278 valence electrons. The minimum absolute atomic E-state index is 0.0768. The average Bonchev–Trinajstić information content (AvgIpc) is 2.99. The summed E-state index contributed by atoms with van der Waals surface area (Å²) in [7, 11) is 0. The number of carboxylic acid groups (broad SMARTS) is 1. The topological polar surface area (TPSA) is 178 Å². The van der Waals surface area contributed by atoms with Gasteiger partial charge in [-0.05, 0) is 110 Å². The van der Waals surface area contributed by atoms with E-state index >= 15 is 0 Å². The Bertz CT molecular complexity index is 1460. The van der Waals surface area contributed by atoms with Crippen molar-refractivity contribution in [2.75, 3.05) is 44.6 Å². The van der Waals surface area contributed by atoms with Crippen LogP contribution in [0.4, 0.5) is 20.2 Å². The number of hydrogen-bond donors (Lipinski definition) is 4. The van der Waals surface area contributed by atoms with Gasteiger partial charge in [0, 0.05) is 57.0 Å². The van der Waals surface area contributed by atoms with Crippen molar-refractivity contribution in [2.24, 2.45) is 11.3 Å². The first kappa shape index (κ1) is 37.4. The minimum atomic E-state index is -1.28. The maximum Gasteiger partial charge on any atom is 0.407 e. The molecule has 0 atom stereocenters. The summed E-state index contributed by atoms with van der Waals surface area (Å²) < 4.78 is 7.10. The number of ether oxygens (including phenoxy) is 1. The van der Waals surface area contributed by atoms with Crippen molar-refractivity contribution in [3.05, 3.63) is 22.7 Å². The molecule has 5 rings (SSSR count). The van der Waals surface area contributed by atoms with Gasteiger partial charge in [-0.3, -0.25) is 14.7 Å². The lowest BCUT2D eigenvalue weighted by Gasteiger charge is -2.60. The maximum atomic E-state index is 13.0. The quantitative estimate of drug-likeness (QED) is 0.298. The number of alkyl carbamates (subject to hydrolysis) is 1. The molecule has 4 fully saturated rings. The van der Waals surface area contributed by atoms with Crippen molar-refractivity contribution < 1.29 is 29.0 Å². The predicted octanol–water partition coefficient (Wildman–Crippen LogP) is 3.85. The van der Waals surface area contributed by atoms with Gasteiger partial charge in [-0.2, -0.15) is 4.98 Å². The van der Waals surface area contributed by atoms with Crippen LogP contribution >= 0.6 is 0 Å². The van der Waals surface area contributed by atoms with Crippen LogP contribution in [0.2, 0.25) is 0 Å². The molecule has 0 bridgehead atoms. The van der Waals surface area contributed by atoms with Crippen LogP contribution in [0.1, 0.15) is 99.0 Å². The second-order valence-electron chi connectivity index (χ2n) is 16.3. The van der Waals surface area contributed by atoms with Gasteiger partial charge in [-0.25, -0.2) is 19.2 Å². The molecule has 1 saturated heterocycles. The van der Waals surface area contributed by atoms with Crippen LogP contribution in [0.3, 0.4) is 0 Å². The molecule has 0 radical (unpaired) electrons. The van der Waals surface area contributed by atoms with Crippen molar-refractivity contribution in [1.82, 2.24) is 34.9 Å². The Balaban J connectivity index is 1.02. The molecule has 1 aromatic heterocycles. The molecule has 1 spiro atoms. The highest BCUT2D eigenvalue weighted by Crippen LogP contribution is 2.57. The number of carbonyl (C=O) groups is 4. The summed E-state index contributed by atoms with van der Waals surface area (Å²) >= 11 is 0. The van der Waals surface area contributed by atoms with E-state index in [-0.39, 0.29) is 61.8 Å². The fraction of sp³-hybridized carbons (Fsp3) is 0.771. The number of rotatable bonds is 9. The highest BCUT2D eigenvalue weighted by molar-refractivity contribution is 5.90. The van der Waals surface area contributed by atoms with Crippen LogP contribution in [-0.2, 0) is 9.53 Å². The van der Waals surface area contributed by atoms with Crippen molar-refractivity contribution in [3.63, 3.8) is 0 Å². The van der Waals surface area contributed by atoms with Gasteiger partial charge >= 0.3 is 23.9 Å². The largest absolute Gasteiger partial charge is 0.465 e. The van der Waals surface area contributed by atoms with Gasteiger partial charge in [-0.15, -0.1) is 0 Å². The molecule has 4 N–H and O–H groups in total. The van der Waals surface area contributed by atoms with E-state index in [0.29, 0.717) is 17.4 Å². The smallest absolute Gasteiger partial charge is 0.407 e. The number of hydrogen-bond acceptors (Lipinski definition) is 8. The Hall–Kier alpha value is -3.88. The Morgan fingerprint density at radius 3 is 2.16 bits per heavy atom. The second kappa shape index (κ2) is 14.8. The molecular weight excluding hydrogens is 644 g/mol. The minimum Gasteiger partial charge on any atom is -0.465 e. The summed E-state index contributed by atoms with van der Waals surface area (Å²) in [6.45, 7) is 14.0. The van der Waals surface area contributed by atoms with Gasteiger partial charge in [0.05, 0.1) is 0 Å². The zero-order valence-electron chi connectivity index (χ0n) is 30.5. The Labute approximate surface area is 294 Å². The molecule has 50 heavy (non-hydrogen) atoms. The second-order valence-corrected chi connectivity index (χ2v) is 16.3. The first-order valence-corrected chi connectivity index (χ1v) is 18.1. The van der Waals surface area contributed by atoms with Crippen molar-refractivity contribution in [3.8, 4) is 0 Å². The van der Waals surface area contributed by atoms with Crippen molar-refractivity contribution in [1.29, 1.82) is 0 Å². The fourth-order valence-electron chi connectivity index (χ4n) is 8.34. The lowest BCUT2D eigenvalue weighted by Crippen LogP contribution is -2.61. The van der Waals surface area contributed by atoms with Gasteiger partial charge in [0.15, 0.2) is 0 Å². The molecule has 5 amide bonds. The molecule has 3 saturated carbocycles. The first-order chi connectivity index (χ1) is 23.5. The van der Waals surface area contributed by atoms with Crippen LogP contribution in [0.15, 0.2) is 17.1 Å². The van der Waals surface area contributed by atoms with E-state index in [9.17, 15) is 24.0 Å². The number of piperazine rings is 1. The van der Waals surface area contributed by atoms with Gasteiger partial charge in [0.25, 0.3) is 0 Å². The summed E-state index contributed by atoms with van der Waals surface area (Å²) in [6.07, 6.45) is 8.47. The van der Waals surface area contributed by atoms with Crippen LogP contribution in [0.5, 0.6) is 0 Å². The molecule has 15 nitrogen and oxygen atoms in total. The first-order valence-electron chi connectivity index (χ1n) is 18.1. The van der Waals surface area contributed by atoms with E-state index in [0.717, 1.165) is 51.6 Å². The highest BCUT2D eigenvalue weighted by Gasteiger charge is 2.54. The summed E-state index contributed by atoms with van der Waals surface area (Å²) in [4.78, 5) is 71.7. The lowest BCUT2D eigenvalue weighted by atomic mass is 9.51. The van der Waals surface area contributed by atoms with Crippen LogP contribution < -0.4 is 21.6 Å². The summed E-state index contributed by atoms with van der Waals surface area (Å²) in [5.74, 6) is 0.418. The Morgan fingerprint density at radius 2 is 1.60 bits per heavy atom. The van der Waals surface area contributed by atoms with Crippen LogP contribution in [0.25, 0.3) is 0 Å². The summed E-state index contributed by atoms with van der Waals surface area (Å²) in [5, 5.41) is 17.0. The number of nitrogens with one attached hydrogen (secondary N) is 3. The molecule has 2 heterocycles. The van der Waals surface area contributed by atoms with Crippen molar-refractivity contribution >= 4 is 29.9 Å². The van der Waals surface area contributed by atoms with E-state index in [1.165, 1.54) is 31.6 Å². The number of anilines is 1. The molecule has 1 aliphatic heterocycles. The Morgan fingerprint density at radius 1 is 0.980 bits per heavy atom. The molecular formula is C35H56N8O7. The molecule has 3 aliphatic carbocycles. The van der Waals surface area contributed by atoms with E-state index in [1.54, 1.807) is 21.7 Å². The third-order valence-corrected chi connectivity index (χ3v) is 10.9. The maximum absolute atomic E-state index is 13.0. The van der Waals surface area contributed by atoms with Gasteiger partial charge in [0.1, 0.15) is 17.0 Å². The van der Waals surface area contributed by atoms with Crippen molar-refractivity contribution in [2.45, 2.75) is 122 Å².